The number of pyridine rings is 1. The third-order valence-electron chi connectivity index (χ3n) is 2.65. The normalized spacial score (nSPS) is 11.2. The smallest absolute Gasteiger partial charge is 0.398 e. The number of nitrogens with one attached hydrogen (secondary N) is 1. The summed E-state index contributed by atoms with van der Waals surface area (Å²) in [7, 11) is 0. The highest BCUT2D eigenvalue weighted by molar-refractivity contribution is 9.10. The van der Waals surface area contributed by atoms with E-state index >= 15 is 0 Å². The molecule has 3 N–H and O–H groups in total. The first-order valence-corrected chi connectivity index (χ1v) is 6.46. The molecule has 2 aromatic rings. The van der Waals surface area contributed by atoms with Crippen LogP contribution < -0.4 is 11.1 Å². The Labute approximate surface area is 126 Å². The Morgan fingerprint density at radius 1 is 1.29 bits per heavy atom. The van der Waals surface area contributed by atoms with Gasteiger partial charge in [-0.2, -0.15) is 13.2 Å². The fourth-order valence-corrected chi connectivity index (χ4v) is 1.94. The molecule has 110 valence electrons. The quantitative estimate of drug-likeness (QED) is 0.803. The van der Waals surface area contributed by atoms with Crippen LogP contribution in [0.1, 0.15) is 15.9 Å². The van der Waals surface area contributed by atoms with Crippen molar-refractivity contribution in [3.63, 3.8) is 0 Å². The van der Waals surface area contributed by atoms with Gasteiger partial charge in [-0.25, -0.2) is 0 Å². The van der Waals surface area contributed by atoms with E-state index in [4.69, 9.17) is 5.73 Å². The van der Waals surface area contributed by atoms with Crippen LogP contribution in [0.4, 0.5) is 24.5 Å². The van der Waals surface area contributed by atoms with Gasteiger partial charge in [-0.1, -0.05) is 0 Å². The first-order chi connectivity index (χ1) is 9.79. The van der Waals surface area contributed by atoms with E-state index in [-0.39, 0.29) is 11.3 Å². The molecule has 0 aliphatic carbocycles. The summed E-state index contributed by atoms with van der Waals surface area (Å²) in [4.78, 5) is 15.9. The number of hydrogen-bond donors (Lipinski definition) is 2. The van der Waals surface area contributed by atoms with Crippen molar-refractivity contribution in [2.24, 2.45) is 0 Å². The van der Waals surface area contributed by atoms with Crippen LogP contribution in [0.15, 0.2) is 41.1 Å². The first kappa shape index (κ1) is 15.3. The van der Waals surface area contributed by atoms with Crippen molar-refractivity contribution >= 4 is 33.2 Å². The third-order valence-corrected chi connectivity index (χ3v) is 3.28. The summed E-state index contributed by atoms with van der Waals surface area (Å²) in [5, 5.41) is 2.47. The predicted molar refractivity (Wildman–Crippen MR) is 75.7 cm³/mol. The molecular formula is C13H9BrF3N3O. The molecule has 0 aliphatic heterocycles. The van der Waals surface area contributed by atoms with Crippen molar-refractivity contribution in [1.29, 1.82) is 0 Å². The van der Waals surface area contributed by atoms with Crippen LogP contribution in [0.2, 0.25) is 0 Å². The zero-order valence-corrected chi connectivity index (χ0v) is 12.0. The van der Waals surface area contributed by atoms with Crippen LogP contribution in [0.25, 0.3) is 0 Å². The maximum atomic E-state index is 12.7. The molecule has 4 nitrogen and oxygen atoms in total. The van der Waals surface area contributed by atoms with E-state index < -0.39 is 17.6 Å². The summed E-state index contributed by atoms with van der Waals surface area (Å²) in [5.74, 6) is -0.731. The molecule has 0 aliphatic rings. The number of nitrogen functional groups attached to an aromatic ring is 1. The van der Waals surface area contributed by atoms with Crippen LogP contribution in [-0.2, 0) is 6.18 Å². The maximum absolute atomic E-state index is 12.7. The summed E-state index contributed by atoms with van der Waals surface area (Å²) in [6.45, 7) is 0. The maximum Gasteiger partial charge on any atom is 0.416 e. The zero-order valence-electron chi connectivity index (χ0n) is 10.4. The van der Waals surface area contributed by atoms with E-state index in [0.717, 1.165) is 18.2 Å². The molecular weight excluding hydrogens is 351 g/mol. The topological polar surface area (TPSA) is 68.0 Å². The lowest BCUT2D eigenvalue weighted by Crippen LogP contribution is -2.16. The molecule has 0 saturated carbocycles. The van der Waals surface area contributed by atoms with Gasteiger partial charge in [0.2, 0.25) is 0 Å². The Morgan fingerprint density at radius 2 is 2.00 bits per heavy atom. The monoisotopic (exact) mass is 359 g/mol. The Hall–Kier alpha value is -2.09. The summed E-state index contributed by atoms with van der Waals surface area (Å²) in [5.41, 5.74) is 4.74. The molecule has 1 aromatic carbocycles. The minimum atomic E-state index is -4.54. The van der Waals surface area contributed by atoms with Gasteiger partial charge in [0.15, 0.2) is 0 Å². The van der Waals surface area contributed by atoms with Gasteiger partial charge >= 0.3 is 6.18 Å². The second-order valence-electron chi connectivity index (χ2n) is 4.11. The van der Waals surface area contributed by atoms with Gasteiger partial charge in [0.05, 0.1) is 21.3 Å². The lowest BCUT2D eigenvalue weighted by Gasteiger charge is -2.12. The highest BCUT2D eigenvalue weighted by atomic mass is 79.9. The van der Waals surface area contributed by atoms with Gasteiger partial charge in [-0.15, -0.1) is 0 Å². The second-order valence-corrected chi connectivity index (χ2v) is 4.96. The molecule has 1 heterocycles. The van der Waals surface area contributed by atoms with Crippen LogP contribution in [0, 0.1) is 0 Å². The van der Waals surface area contributed by atoms with E-state index in [0.29, 0.717) is 10.2 Å². The Balaban J connectivity index is 2.33. The number of nitrogens with two attached hydrogens (primary N) is 1. The van der Waals surface area contributed by atoms with Gasteiger partial charge in [0, 0.05) is 18.1 Å². The molecule has 1 amide bonds. The van der Waals surface area contributed by atoms with Gasteiger partial charge in [-0.3, -0.25) is 9.78 Å². The van der Waals surface area contributed by atoms with Crippen molar-refractivity contribution in [2.45, 2.75) is 6.18 Å². The average Bonchev–Trinajstić information content (AvgIpc) is 2.40. The summed E-state index contributed by atoms with van der Waals surface area (Å²) in [6.07, 6.45) is -1.65. The van der Waals surface area contributed by atoms with Crippen LogP contribution >= 0.6 is 15.9 Å². The first-order valence-electron chi connectivity index (χ1n) is 5.66. The van der Waals surface area contributed by atoms with Gasteiger partial charge < -0.3 is 11.1 Å². The van der Waals surface area contributed by atoms with Gasteiger partial charge in [-0.05, 0) is 40.2 Å². The third kappa shape index (κ3) is 3.52. The summed E-state index contributed by atoms with van der Waals surface area (Å²) in [6, 6.07) is 4.11. The number of carbonyl (C=O) groups excluding carboxylic acids is 1. The number of carbonyl (C=O) groups is 1. The number of benzene rings is 1. The average molecular weight is 360 g/mol. The van der Waals surface area contributed by atoms with Crippen molar-refractivity contribution in [3.8, 4) is 0 Å². The van der Waals surface area contributed by atoms with E-state index in [9.17, 15) is 18.0 Å². The van der Waals surface area contributed by atoms with Gasteiger partial charge in [0.1, 0.15) is 0 Å². The molecule has 0 atom stereocenters. The minimum absolute atomic E-state index is 0.0364. The Kier molecular flexibility index (Phi) is 4.17. The molecule has 21 heavy (non-hydrogen) atoms. The highest BCUT2D eigenvalue weighted by Crippen LogP contribution is 2.31. The Bertz CT molecular complexity index is 689. The molecule has 0 bridgehead atoms. The SMILES string of the molecule is Nc1ccc(C(F)(F)F)cc1C(=O)Nc1ccncc1Br. The molecule has 2 rings (SSSR count). The van der Waals surface area contributed by atoms with E-state index in [1.54, 1.807) is 0 Å². The van der Waals surface area contributed by atoms with Crippen molar-refractivity contribution in [2.75, 3.05) is 11.1 Å². The second kappa shape index (κ2) is 5.72. The fraction of sp³-hybridized carbons (Fsp3) is 0.0769. The largest absolute Gasteiger partial charge is 0.416 e. The minimum Gasteiger partial charge on any atom is -0.398 e. The lowest BCUT2D eigenvalue weighted by atomic mass is 10.1. The molecule has 0 radical (unpaired) electrons. The van der Waals surface area contributed by atoms with Crippen molar-refractivity contribution in [3.05, 3.63) is 52.3 Å². The number of aromatic nitrogens is 1. The van der Waals surface area contributed by atoms with Crippen molar-refractivity contribution < 1.29 is 18.0 Å². The van der Waals surface area contributed by atoms with E-state index in [1.807, 2.05) is 0 Å². The summed E-state index contributed by atoms with van der Waals surface area (Å²) >= 11 is 3.17. The van der Waals surface area contributed by atoms with E-state index in [1.165, 1.54) is 18.5 Å². The number of halogens is 4. The van der Waals surface area contributed by atoms with Gasteiger partial charge in [0.25, 0.3) is 5.91 Å². The molecule has 0 spiro atoms. The molecule has 0 fully saturated rings. The Morgan fingerprint density at radius 3 is 2.62 bits per heavy atom. The van der Waals surface area contributed by atoms with E-state index in [2.05, 4.69) is 26.2 Å². The number of alkyl halides is 3. The number of hydrogen-bond acceptors (Lipinski definition) is 3. The lowest BCUT2D eigenvalue weighted by molar-refractivity contribution is -0.137. The standard InChI is InChI=1S/C13H9BrF3N3O/c14-9-6-19-4-3-11(9)20-12(21)8-5-7(13(15,16)17)1-2-10(8)18/h1-6H,18H2,(H,19,20,21). The molecule has 1 aromatic heterocycles. The van der Waals surface area contributed by atoms with Crippen LogP contribution in [-0.4, -0.2) is 10.9 Å². The predicted octanol–water partition coefficient (Wildman–Crippen LogP) is 3.70. The molecule has 0 unspecified atom stereocenters. The number of amides is 1. The number of anilines is 2. The highest BCUT2D eigenvalue weighted by Gasteiger charge is 2.31. The zero-order chi connectivity index (χ0) is 15.6. The molecule has 8 heteroatoms. The number of rotatable bonds is 2. The van der Waals surface area contributed by atoms with Crippen molar-refractivity contribution in [1.82, 2.24) is 4.98 Å². The van der Waals surface area contributed by atoms with Crippen LogP contribution in [0.5, 0.6) is 0 Å². The fourth-order valence-electron chi connectivity index (χ4n) is 1.60. The molecule has 0 saturated heterocycles. The van der Waals surface area contributed by atoms with Crippen LogP contribution in [0.3, 0.4) is 0 Å². The summed E-state index contributed by atoms with van der Waals surface area (Å²) < 4.78 is 38.5. The number of nitrogens with zero attached hydrogens (tertiary/aromatic N) is 1.